The van der Waals surface area contributed by atoms with Crippen LogP contribution in [0.1, 0.15) is 149 Å². The van der Waals surface area contributed by atoms with Crippen LogP contribution in [0.15, 0.2) is 94.7 Å². The van der Waals surface area contributed by atoms with Gasteiger partial charge in [-0.05, 0) is 148 Å². The highest BCUT2D eigenvalue weighted by Gasteiger charge is 2.53. The number of oxazole rings is 1. The third-order valence-corrected chi connectivity index (χ3v) is 24.5. The summed E-state index contributed by atoms with van der Waals surface area (Å²) in [5.41, 5.74) is 19.9. The highest BCUT2D eigenvalue weighted by molar-refractivity contribution is 6.39. The quantitative estimate of drug-likeness (QED) is 0.0107. The van der Waals surface area contributed by atoms with E-state index in [-0.39, 0.29) is 80.7 Å². The number of nitrogens with one attached hydrogen (secondary N) is 1. The van der Waals surface area contributed by atoms with E-state index in [9.17, 15) is 43.8 Å². The van der Waals surface area contributed by atoms with Gasteiger partial charge in [0.05, 0.1) is 142 Å². The number of allylic oxidation sites excluding steroid dienone is 6. The van der Waals surface area contributed by atoms with Gasteiger partial charge in [0.15, 0.2) is 17.0 Å². The first kappa shape index (κ1) is 100. The molecular weight excluding hydrogens is 1640 g/mol. The predicted molar refractivity (Wildman–Crippen MR) is 470 cm³/mol. The monoisotopic (exact) mass is 1770 g/mol. The summed E-state index contributed by atoms with van der Waals surface area (Å²) in [6.07, 6.45) is 11.8. The van der Waals surface area contributed by atoms with E-state index in [1.165, 1.54) is 23.9 Å². The van der Waals surface area contributed by atoms with E-state index in [1.54, 1.807) is 54.1 Å². The van der Waals surface area contributed by atoms with Gasteiger partial charge in [0, 0.05) is 83.7 Å². The maximum absolute atomic E-state index is 14.8. The van der Waals surface area contributed by atoms with E-state index >= 15 is 0 Å². The summed E-state index contributed by atoms with van der Waals surface area (Å²) in [4.78, 5) is 115. The average molecular weight is 1780 g/mol. The lowest BCUT2D eigenvalue weighted by molar-refractivity contribution is -0.265. The van der Waals surface area contributed by atoms with Crippen molar-refractivity contribution < 1.29 is 115 Å². The Morgan fingerprint density at radius 1 is 0.709 bits per heavy atom. The molecule has 2 aromatic carbocycles. The van der Waals surface area contributed by atoms with E-state index < -0.39 is 102 Å². The molecule has 127 heavy (non-hydrogen) atoms. The molecule has 15 atom stereocenters. The lowest BCUT2D eigenvalue weighted by Crippen LogP contribution is -2.61. The molecule has 3 fully saturated rings. The minimum absolute atomic E-state index is 0.0193. The highest BCUT2D eigenvalue weighted by Crippen LogP contribution is 2.40. The number of hydrogen-bond donors (Lipinski definition) is 5. The SMILES string of the molecule is CO[C@H]1C[C@@H]2CC[C@@H](C)[C@@](O)(O2)C(=O)C(=O)N2CCCC[C@H]2C(=O)O[C@H]([C@H](C)C[C@@H]2CC[C@@H](OC(=O)NCCOCCOCCOCCOCCOCCOCCOCCOCCC(=O)N3CCc4cc(Cn5nc(-c6ccc7oc(N)nc7c6)c6c(N)ncnc65)ccc4C3)[C@H](OC)C2)CC(=O)[C@H](C)/C=C(\C)[C@@H](O)[C@@H](OC)C(=O)[C@H](C)C[C@H](C)/C=C/C=CC=C1C. The van der Waals surface area contributed by atoms with Crippen LogP contribution in [0.3, 0.4) is 0 Å². The van der Waals surface area contributed by atoms with Gasteiger partial charge in [0.1, 0.15) is 59.6 Å². The van der Waals surface area contributed by atoms with Crippen molar-refractivity contribution in [3.8, 4) is 11.3 Å². The van der Waals surface area contributed by atoms with Crippen LogP contribution in [-0.2, 0) is 115 Å². The van der Waals surface area contributed by atoms with Gasteiger partial charge < -0.3 is 108 Å². The molecule has 0 spiro atoms. The number of Topliss-reactive ketones (excluding diaryl/α,β-unsaturated/α-hetero) is 3. The maximum Gasteiger partial charge on any atom is 0.407 e. The highest BCUT2D eigenvalue weighted by atomic mass is 16.6. The topological polar surface area (TPSA) is 429 Å². The number of ether oxygens (including phenoxy) is 14. The number of methoxy groups -OCH3 is 3. The Balaban J connectivity index is 0.552. The van der Waals surface area contributed by atoms with Crippen LogP contribution < -0.4 is 16.8 Å². The number of ketones is 3. The van der Waals surface area contributed by atoms with E-state index in [2.05, 4.69) is 38.5 Å². The number of aliphatic hydroxyl groups excluding tert-OH is 1. The molecule has 10 rings (SSSR count). The fourth-order valence-electron chi connectivity index (χ4n) is 17.1. The number of nitrogens with two attached hydrogens (primary N) is 2. The third-order valence-electron chi connectivity index (χ3n) is 24.5. The van der Waals surface area contributed by atoms with E-state index in [0.717, 1.165) is 28.7 Å². The van der Waals surface area contributed by atoms with Crippen LogP contribution in [0, 0.1) is 35.5 Å². The number of anilines is 2. The molecule has 0 unspecified atom stereocenters. The molecular formula is C93H134N10O24. The second kappa shape index (κ2) is 50.9. The number of amides is 3. The van der Waals surface area contributed by atoms with Gasteiger partial charge in [0.25, 0.3) is 17.7 Å². The van der Waals surface area contributed by atoms with E-state index in [1.807, 2.05) is 72.9 Å². The molecule has 5 aliphatic rings. The van der Waals surface area contributed by atoms with Crippen LogP contribution >= 0.6 is 0 Å². The first-order valence-electron chi connectivity index (χ1n) is 44.8. The van der Waals surface area contributed by atoms with Gasteiger partial charge in [-0.1, -0.05) is 89.3 Å². The number of piperidine rings is 1. The number of rotatable bonds is 37. The van der Waals surface area contributed by atoms with Crippen molar-refractivity contribution in [3.05, 3.63) is 107 Å². The summed E-state index contributed by atoms with van der Waals surface area (Å²) in [6.45, 7) is 20.2. The van der Waals surface area contributed by atoms with Gasteiger partial charge in [-0.3, -0.25) is 24.0 Å². The normalized spacial score (nSPS) is 26.3. The third kappa shape index (κ3) is 29.3. The Hall–Kier alpha value is -8.85. The molecule has 1 saturated carbocycles. The van der Waals surface area contributed by atoms with Crippen molar-refractivity contribution in [2.75, 3.05) is 158 Å². The van der Waals surface area contributed by atoms with Crippen LogP contribution in [-0.4, -0.2) is 287 Å². The number of alkyl carbamates (subject to hydrolysis) is 1. The lowest BCUT2D eigenvalue weighted by atomic mass is 9.78. The summed E-state index contributed by atoms with van der Waals surface area (Å²) < 4.78 is 88.3. The Labute approximate surface area is 744 Å². The molecule has 34 heteroatoms. The molecule has 5 aromatic rings. The Morgan fingerprint density at radius 3 is 2.06 bits per heavy atom. The minimum atomic E-state index is -2.48. The zero-order valence-corrected chi connectivity index (χ0v) is 75.5. The molecule has 3 amide bonds. The number of carbonyl (C=O) groups is 7. The van der Waals surface area contributed by atoms with Gasteiger partial charge in [-0.2, -0.15) is 10.1 Å². The Morgan fingerprint density at radius 2 is 1.39 bits per heavy atom. The smallest absolute Gasteiger partial charge is 0.407 e. The summed E-state index contributed by atoms with van der Waals surface area (Å²) in [7, 11) is 4.49. The van der Waals surface area contributed by atoms with Crippen molar-refractivity contribution in [1.29, 1.82) is 0 Å². The number of fused-ring (bicyclic) bond motifs is 6. The van der Waals surface area contributed by atoms with Crippen LogP contribution in [0.25, 0.3) is 33.4 Å². The molecule has 1 aliphatic carbocycles. The van der Waals surface area contributed by atoms with Crippen LogP contribution in [0.2, 0.25) is 0 Å². The van der Waals surface area contributed by atoms with E-state index in [4.69, 9.17) is 87.3 Å². The molecule has 34 nitrogen and oxygen atoms in total. The largest absolute Gasteiger partial charge is 0.460 e. The number of benzene rings is 2. The van der Waals surface area contributed by atoms with Gasteiger partial charge >= 0.3 is 12.1 Å². The number of esters is 1. The first-order chi connectivity index (χ1) is 61.3. The van der Waals surface area contributed by atoms with E-state index in [0.29, 0.717) is 216 Å². The first-order valence-corrected chi connectivity index (χ1v) is 44.8. The average Bonchev–Trinajstić information content (AvgIpc) is 1.71. The van der Waals surface area contributed by atoms with Crippen molar-refractivity contribution >= 4 is 75.2 Å². The number of carbonyl (C=O) groups excluding carboxylic acids is 7. The van der Waals surface area contributed by atoms with Crippen molar-refractivity contribution in [2.24, 2.45) is 35.5 Å². The van der Waals surface area contributed by atoms with Crippen molar-refractivity contribution in [3.63, 3.8) is 0 Å². The van der Waals surface area contributed by atoms with Crippen LogP contribution in [0.4, 0.5) is 16.6 Å². The minimum Gasteiger partial charge on any atom is -0.460 e. The van der Waals surface area contributed by atoms with Crippen LogP contribution in [0.5, 0.6) is 0 Å². The van der Waals surface area contributed by atoms with Crippen molar-refractivity contribution in [2.45, 2.75) is 206 Å². The zero-order chi connectivity index (χ0) is 90.9. The Kier molecular flexibility index (Phi) is 40.2. The number of hydrogen-bond acceptors (Lipinski definition) is 30. The summed E-state index contributed by atoms with van der Waals surface area (Å²) >= 11 is 0. The number of nitrogen functional groups attached to an aromatic ring is 2. The van der Waals surface area contributed by atoms with Gasteiger partial charge in [0.2, 0.25) is 11.7 Å². The van der Waals surface area contributed by atoms with Gasteiger partial charge in [-0.15, -0.1) is 0 Å². The number of aliphatic hydroxyl groups is 2. The Bertz CT molecular complexity index is 4510. The second-order valence-corrected chi connectivity index (χ2v) is 33.9. The summed E-state index contributed by atoms with van der Waals surface area (Å²) in [6, 6.07) is 10.7. The lowest BCUT2D eigenvalue weighted by Gasteiger charge is -2.42. The number of aromatic nitrogens is 5. The zero-order valence-electron chi connectivity index (χ0n) is 75.5. The second-order valence-electron chi connectivity index (χ2n) is 33.9. The predicted octanol–water partition coefficient (Wildman–Crippen LogP) is 9.18. The number of cyclic esters (lactones) is 1. The van der Waals surface area contributed by atoms with Crippen molar-refractivity contribution in [1.82, 2.24) is 39.8 Å². The number of nitrogens with zero attached hydrogens (tertiary/aromatic N) is 7. The molecule has 0 radical (unpaired) electrons. The molecule has 7 N–H and O–H groups in total. The molecule has 4 aliphatic heterocycles. The fraction of sp³-hybridized carbons (Fsp3) is 0.645. The van der Waals surface area contributed by atoms with Gasteiger partial charge in [-0.25, -0.2) is 24.2 Å². The molecule has 2 bridgehead atoms. The fourth-order valence-corrected chi connectivity index (χ4v) is 17.1. The summed E-state index contributed by atoms with van der Waals surface area (Å²) in [5.74, 6) is -8.31. The maximum atomic E-state index is 14.8. The standard InChI is InChI=1S/C93H134N10O24/c1-59-16-12-11-13-17-60(2)77(113-8)54-71-24-19-65(7)93(112,127-71)86(108)89(109)102-30-15-14-18-73(102)90(110)124-78(55-74(104)61(3)49-64(6)84(107)85(115-10)83(106)63(5)48-59)62(4)50-66-21-25-76(79(52-66)114-9)126-92(111)96-29-33-117-35-37-119-39-41-121-43-45-123-47-46-122-44-42-120-40-38-118-36-34-116-32-28-80(105)101-31-27-68-51-67(20-22-70(68)57-101)56-103-88-81(87(94)97-58-98-88)82(100-103)69-23-26-75-72(53-69)99-91(95)125-75/h11-13,16-17,20,22-23,26,49,51,53,58-59,61-63,65-66,71,73,76-79,84-85,107,112H,14-15,18-19,21,24-25,27-48,50,52,54-57H2,1-10H3,(H2,95,99)(H,96,111)(H2,94,97,98)/b13-11?,16-12+,60-17?,64-49+/t59-,61-,62-,63-,65-,66+,71+,73+,76-,77+,78+,79-,84-,85+,93-/m1/s1. The molecule has 7 heterocycles. The molecule has 2 saturated heterocycles. The summed E-state index contributed by atoms with van der Waals surface area (Å²) in [5, 5.41) is 32.1. The molecule has 700 valence electrons. The molecule has 3 aromatic heterocycles.